The van der Waals surface area contributed by atoms with E-state index in [1.54, 1.807) is 19.4 Å². The highest BCUT2D eigenvalue weighted by Crippen LogP contribution is 2.25. The van der Waals surface area contributed by atoms with E-state index in [-0.39, 0.29) is 12.5 Å². The number of methoxy groups -OCH3 is 1. The molecular formula is C20H24N6O3. The maximum atomic E-state index is 12.6. The number of piperidine rings is 1. The Morgan fingerprint density at radius 1 is 1.21 bits per heavy atom. The van der Waals surface area contributed by atoms with Crippen LogP contribution in [-0.4, -0.2) is 45.3 Å². The fourth-order valence-corrected chi connectivity index (χ4v) is 3.54. The third kappa shape index (κ3) is 3.94. The highest BCUT2D eigenvalue weighted by molar-refractivity contribution is 5.92. The molecular weight excluding hydrogens is 372 g/mol. The van der Waals surface area contributed by atoms with Gasteiger partial charge in [-0.15, -0.1) is 5.10 Å². The number of hydrogen-bond donors (Lipinski definition) is 1. The van der Waals surface area contributed by atoms with E-state index in [1.165, 1.54) is 10.8 Å². The minimum absolute atomic E-state index is 0.210. The highest BCUT2D eigenvalue weighted by atomic mass is 16.5. The summed E-state index contributed by atoms with van der Waals surface area (Å²) >= 11 is 0. The summed E-state index contributed by atoms with van der Waals surface area (Å²) in [6.07, 6.45) is 5.17. The molecule has 9 heteroatoms. The molecule has 1 aliphatic heterocycles. The third-order valence-corrected chi connectivity index (χ3v) is 5.04. The zero-order valence-electron chi connectivity index (χ0n) is 16.6. The van der Waals surface area contributed by atoms with E-state index in [4.69, 9.17) is 4.74 Å². The number of aryl methyl sites for hydroxylation is 1. The average molecular weight is 396 g/mol. The Hall–Kier alpha value is -3.36. The maximum absolute atomic E-state index is 12.6. The van der Waals surface area contributed by atoms with Gasteiger partial charge in [-0.05, 0) is 49.9 Å². The molecule has 0 unspecified atom stereocenters. The Labute approximate surface area is 167 Å². The molecule has 0 spiro atoms. The topological polar surface area (TPSA) is 93.8 Å². The molecule has 9 nitrogen and oxygen atoms in total. The summed E-state index contributed by atoms with van der Waals surface area (Å²) in [6.45, 7) is 3.62. The van der Waals surface area contributed by atoms with Gasteiger partial charge in [0.2, 0.25) is 5.91 Å². The number of ether oxygens (including phenoxy) is 1. The smallest absolute Gasteiger partial charge is 0.352 e. The van der Waals surface area contributed by atoms with Crippen molar-refractivity contribution in [1.82, 2.24) is 19.2 Å². The number of rotatable bonds is 5. The third-order valence-electron chi connectivity index (χ3n) is 5.04. The van der Waals surface area contributed by atoms with E-state index >= 15 is 0 Å². The van der Waals surface area contributed by atoms with Crippen LogP contribution in [0.4, 0.5) is 11.5 Å². The summed E-state index contributed by atoms with van der Waals surface area (Å²) in [4.78, 5) is 31.8. The number of anilines is 2. The molecule has 3 heterocycles. The van der Waals surface area contributed by atoms with Gasteiger partial charge in [-0.25, -0.2) is 13.9 Å². The SMILES string of the molecule is COc1ccc(C)cc1NC(=O)Cn1nc2nc(N3CCCCC3)ccn2c1=O. The molecule has 29 heavy (non-hydrogen) atoms. The molecule has 0 aliphatic carbocycles. The fraction of sp³-hybridized carbons (Fsp3) is 0.400. The van der Waals surface area contributed by atoms with Gasteiger partial charge in [0.15, 0.2) is 0 Å². The summed E-state index contributed by atoms with van der Waals surface area (Å²) in [5, 5.41) is 7.03. The second kappa shape index (κ2) is 7.94. The molecule has 1 fully saturated rings. The molecule has 1 saturated heterocycles. The number of carbonyl (C=O) groups is 1. The van der Waals surface area contributed by atoms with Crippen LogP contribution in [0.25, 0.3) is 5.78 Å². The minimum atomic E-state index is -0.399. The van der Waals surface area contributed by atoms with Crippen molar-refractivity contribution in [2.45, 2.75) is 32.7 Å². The first-order valence-corrected chi connectivity index (χ1v) is 9.71. The lowest BCUT2D eigenvalue weighted by Gasteiger charge is -2.27. The normalized spacial score (nSPS) is 14.2. The van der Waals surface area contributed by atoms with E-state index in [1.807, 2.05) is 25.1 Å². The van der Waals surface area contributed by atoms with Gasteiger partial charge < -0.3 is 15.0 Å². The van der Waals surface area contributed by atoms with Gasteiger partial charge in [0.05, 0.1) is 12.8 Å². The van der Waals surface area contributed by atoms with E-state index in [0.717, 1.165) is 42.0 Å². The van der Waals surface area contributed by atoms with E-state index in [9.17, 15) is 9.59 Å². The number of nitrogens with zero attached hydrogens (tertiary/aromatic N) is 5. The minimum Gasteiger partial charge on any atom is -0.495 e. The molecule has 0 saturated carbocycles. The number of nitrogens with one attached hydrogen (secondary N) is 1. The van der Waals surface area contributed by atoms with E-state index in [0.29, 0.717) is 17.2 Å². The van der Waals surface area contributed by atoms with Crippen molar-refractivity contribution in [3.63, 3.8) is 0 Å². The first-order valence-electron chi connectivity index (χ1n) is 9.71. The van der Waals surface area contributed by atoms with Crippen LogP contribution >= 0.6 is 0 Å². The number of benzene rings is 1. The molecule has 1 aromatic carbocycles. The van der Waals surface area contributed by atoms with Crippen LogP contribution in [0.5, 0.6) is 5.75 Å². The second-order valence-electron chi connectivity index (χ2n) is 7.20. The Kier molecular flexibility index (Phi) is 5.20. The van der Waals surface area contributed by atoms with Crippen molar-refractivity contribution in [2.24, 2.45) is 0 Å². The lowest BCUT2D eigenvalue weighted by Crippen LogP contribution is -2.30. The van der Waals surface area contributed by atoms with Crippen LogP contribution in [0.1, 0.15) is 24.8 Å². The van der Waals surface area contributed by atoms with Crippen molar-refractivity contribution in [2.75, 3.05) is 30.4 Å². The Bertz CT molecular complexity index is 1100. The van der Waals surface area contributed by atoms with Gasteiger partial charge in [0.25, 0.3) is 5.78 Å². The molecule has 0 radical (unpaired) electrons. The predicted molar refractivity (Wildman–Crippen MR) is 110 cm³/mol. The predicted octanol–water partition coefficient (Wildman–Crippen LogP) is 1.84. The van der Waals surface area contributed by atoms with E-state index < -0.39 is 5.69 Å². The van der Waals surface area contributed by atoms with Crippen molar-refractivity contribution < 1.29 is 9.53 Å². The Morgan fingerprint density at radius 2 is 2.00 bits per heavy atom. The van der Waals surface area contributed by atoms with Crippen molar-refractivity contribution in [3.05, 3.63) is 46.5 Å². The van der Waals surface area contributed by atoms with Gasteiger partial charge >= 0.3 is 5.69 Å². The molecule has 0 bridgehead atoms. The largest absolute Gasteiger partial charge is 0.495 e. The zero-order valence-corrected chi connectivity index (χ0v) is 16.6. The molecule has 1 amide bonds. The number of aromatic nitrogens is 4. The lowest BCUT2D eigenvalue weighted by molar-refractivity contribution is -0.117. The zero-order chi connectivity index (χ0) is 20.4. The second-order valence-corrected chi connectivity index (χ2v) is 7.20. The number of carbonyl (C=O) groups excluding carboxylic acids is 1. The van der Waals surface area contributed by atoms with E-state index in [2.05, 4.69) is 20.3 Å². The number of amides is 1. The van der Waals surface area contributed by atoms with Crippen LogP contribution in [0.3, 0.4) is 0 Å². The van der Waals surface area contributed by atoms with Crippen molar-refractivity contribution in [3.8, 4) is 5.75 Å². The first kappa shape index (κ1) is 19.0. The Balaban J connectivity index is 1.54. The van der Waals surface area contributed by atoms with Gasteiger partial charge in [0, 0.05) is 19.3 Å². The fourth-order valence-electron chi connectivity index (χ4n) is 3.54. The van der Waals surface area contributed by atoms with Crippen molar-refractivity contribution >= 4 is 23.2 Å². The lowest BCUT2D eigenvalue weighted by atomic mass is 10.1. The molecule has 2 aromatic heterocycles. The standard InChI is InChI=1S/C20H24N6O3/c1-14-6-7-16(29-2)15(12-14)21-18(27)13-26-20(28)25-11-8-17(22-19(25)23-26)24-9-4-3-5-10-24/h6-8,11-12H,3-5,9-10,13H2,1-2H3,(H,21,27). The van der Waals surface area contributed by atoms with Gasteiger partial charge in [-0.1, -0.05) is 6.07 Å². The van der Waals surface area contributed by atoms with Crippen LogP contribution in [0.15, 0.2) is 35.3 Å². The quantitative estimate of drug-likeness (QED) is 0.707. The van der Waals surface area contributed by atoms with Gasteiger partial charge in [0.1, 0.15) is 18.1 Å². The molecule has 152 valence electrons. The summed E-state index contributed by atoms with van der Waals surface area (Å²) in [6, 6.07) is 7.32. The summed E-state index contributed by atoms with van der Waals surface area (Å²) in [5.74, 6) is 1.29. The highest BCUT2D eigenvalue weighted by Gasteiger charge is 2.16. The molecule has 1 aliphatic rings. The Morgan fingerprint density at radius 3 is 2.76 bits per heavy atom. The van der Waals surface area contributed by atoms with Crippen molar-refractivity contribution in [1.29, 1.82) is 0 Å². The van der Waals surface area contributed by atoms with Crippen LogP contribution in [-0.2, 0) is 11.3 Å². The van der Waals surface area contributed by atoms with Crippen LogP contribution in [0.2, 0.25) is 0 Å². The molecule has 3 aromatic rings. The number of hydrogen-bond acceptors (Lipinski definition) is 6. The molecule has 4 rings (SSSR count). The van der Waals surface area contributed by atoms with Gasteiger partial charge in [-0.2, -0.15) is 4.98 Å². The monoisotopic (exact) mass is 396 g/mol. The summed E-state index contributed by atoms with van der Waals surface area (Å²) in [7, 11) is 1.54. The molecule has 0 atom stereocenters. The van der Waals surface area contributed by atoms with Crippen LogP contribution in [0, 0.1) is 6.92 Å². The number of fused-ring (bicyclic) bond motifs is 1. The molecule has 1 N–H and O–H groups in total. The summed E-state index contributed by atoms with van der Waals surface area (Å²) < 4.78 is 7.76. The van der Waals surface area contributed by atoms with Gasteiger partial charge in [-0.3, -0.25) is 4.79 Å². The summed E-state index contributed by atoms with van der Waals surface area (Å²) in [5.41, 5.74) is 1.14. The first-order chi connectivity index (χ1) is 14.0. The maximum Gasteiger partial charge on any atom is 0.352 e. The average Bonchev–Trinajstić information content (AvgIpc) is 3.03. The van der Waals surface area contributed by atoms with Crippen LogP contribution < -0.4 is 20.6 Å².